The molecule has 0 aromatic heterocycles. The quantitative estimate of drug-likeness (QED) is 0.737. The zero-order chi connectivity index (χ0) is 14.8. The lowest BCUT2D eigenvalue weighted by atomic mass is 9.57. The summed E-state index contributed by atoms with van der Waals surface area (Å²) in [7, 11) is 0. The van der Waals surface area contributed by atoms with Crippen molar-refractivity contribution in [2.24, 2.45) is 5.92 Å². The van der Waals surface area contributed by atoms with E-state index in [0.717, 1.165) is 22.5 Å². The molecule has 1 aromatic rings. The first kappa shape index (κ1) is 16.1. The molecule has 0 aliphatic heterocycles. The maximum Gasteiger partial charge on any atom is 0.0458 e. The van der Waals surface area contributed by atoms with Crippen molar-refractivity contribution in [3.63, 3.8) is 0 Å². The molecule has 0 saturated heterocycles. The number of nitrogens with one attached hydrogen (secondary N) is 1. The number of benzene rings is 1. The maximum atomic E-state index is 6.45. The topological polar surface area (TPSA) is 12.0 Å². The highest BCUT2D eigenvalue weighted by Gasteiger charge is 2.45. The van der Waals surface area contributed by atoms with Gasteiger partial charge in [-0.3, -0.25) is 0 Å². The van der Waals surface area contributed by atoms with Gasteiger partial charge in [0.15, 0.2) is 0 Å². The second-order valence-electron chi connectivity index (χ2n) is 6.50. The second-order valence-corrected chi connectivity index (χ2v) is 7.35. The minimum atomic E-state index is 0.200. The van der Waals surface area contributed by atoms with E-state index in [1.54, 1.807) is 0 Å². The molecule has 112 valence electrons. The van der Waals surface area contributed by atoms with Gasteiger partial charge in [0, 0.05) is 28.0 Å². The van der Waals surface area contributed by atoms with E-state index in [4.69, 9.17) is 23.2 Å². The number of hydrogen-bond acceptors (Lipinski definition) is 1. The first-order valence-corrected chi connectivity index (χ1v) is 8.41. The SMILES string of the molecule is CCCC1CC(CNC(C)C)(c2ccc(Cl)cc2Cl)C1. The van der Waals surface area contributed by atoms with Crippen LogP contribution in [0.15, 0.2) is 18.2 Å². The highest BCUT2D eigenvalue weighted by molar-refractivity contribution is 6.35. The van der Waals surface area contributed by atoms with Crippen molar-refractivity contribution < 1.29 is 0 Å². The molecule has 2 rings (SSSR count). The molecule has 1 aliphatic rings. The van der Waals surface area contributed by atoms with Crippen LogP contribution in [-0.2, 0) is 5.41 Å². The van der Waals surface area contributed by atoms with Crippen molar-refractivity contribution in [3.05, 3.63) is 33.8 Å². The summed E-state index contributed by atoms with van der Waals surface area (Å²) < 4.78 is 0. The Balaban J connectivity index is 2.19. The Kier molecular flexibility index (Phi) is 5.39. The molecular weight excluding hydrogens is 289 g/mol. The molecule has 0 heterocycles. The lowest BCUT2D eigenvalue weighted by Gasteiger charge is -2.49. The van der Waals surface area contributed by atoms with E-state index in [1.807, 2.05) is 12.1 Å². The molecule has 0 spiro atoms. The van der Waals surface area contributed by atoms with Gasteiger partial charge in [-0.25, -0.2) is 0 Å². The predicted octanol–water partition coefficient (Wildman–Crippen LogP) is 5.44. The molecule has 0 unspecified atom stereocenters. The Hall–Kier alpha value is -0.240. The zero-order valence-electron chi connectivity index (χ0n) is 12.7. The fourth-order valence-electron chi connectivity index (χ4n) is 3.44. The molecule has 0 radical (unpaired) electrons. The summed E-state index contributed by atoms with van der Waals surface area (Å²) in [5.41, 5.74) is 1.47. The van der Waals surface area contributed by atoms with Crippen molar-refractivity contribution in [2.75, 3.05) is 6.54 Å². The average molecular weight is 314 g/mol. The van der Waals surface area contributed by atoms with Crippen LogP contribution in [0.3, 0.4) is 0 Å². The van der Waals surface area contributed by atoms with Crippen molar-refractivity contribution in [1.29, 1.82) is 0 Å². The fourth-order valence-corrected chi connectivity index (χ4v) is 4.05. The Morgan fingerprint density at radius 2 is 2.00 bits per heavy atom. The first-order valence-electron chi connectivity index (χ1n) is 7.66. The van der Waals surface area contributed by atoms with Crippen molar-refractivity contribution in [3.8, 4) is 0 Å². The van der Waals surface area contributed by atoms with E-state index in [2.05, 4.69) is 32.2 Å². The van der Waals surface area contributed by atoms with Gasteiger partial charge in [-0.05, 0) is 36.5 Å². The smallest absolute Gasteiger partial charge is 0.0458 e. The normalized spacial score (nSPS) is 25.8. The monoisotopic (exact) mass is 313 g/mol. The molecule has 1 fully saturated rings. The van der Waals surface area contributed by atoms with Crippen LogP contribution in [0.4, 0.5) is 0 Å². The molecule has 1 aromatic carbocycles. The van der Waals surface area contributed by atoms with Gasteiger partial charge in [-0.1, -0.05) is 62.9 Å². The summed E-state index contributed by atoms with van der Waals surface area (Å²) >= 11 is 12.5. The second kappa shape index (κ2) is 6.68. The molecule has 3 heteroatoms. The minimum Gasteiger partial charge on any atom is -0.314 e. The highest BCUT2D eigenvalue weighted by Crippen LogP contribution is 2.51. The summed E-state index contributed by atoms with van der Waals surface area (Å²) in [6, 6.07) is 6.47. The Morgan fingerprint density at radius 1 is 1.30 bits per heavy atom. The Morgan fingerprint density at radius 3 is 2.55 bits per heavy atom. The molecular formula is C17H25Cl2N. The van der Waals surface area contributed by atoms with Gasteiger partial charge in [0.1, 0.15) is 0 Å². The third kappa shape index (κ3) is 3.50. The molecule has 0 amide bonds. The zero-order valence-corrected chi connectivity index (χ0v) is 14.2. The molecule has 1 saturated carbocycles. The van der Waals surface area contributed by atoms with Crippen LogP contribution < -0.4 is 5.32 Å². The summed E-state index contributed by atoms with van der Waals surface area (Å²) in [6.07, 6.45) is 5.07. The molecule has 1 N–H and O–H groups in total. The summed E-state index contributed by atoms with van der Waals surface area (Å²) in [5, 5.41) is 5.13. The van der Waals surface area contributed by atoms with Gasteiger partial charge >= 0.3 is 0 Å². The summed E-state index contributed by atoms with van der Waals surface area (Å²) in [4.78, 5) is 0. The van der Waals surface area contributed by atoms with Crippen LogP contribution in [0.1, 0.15) is 52.0 Å². The van der Waals surface area contributed by atoms with Gasteiger partial charge in [-0.2, -0.15) is 0 Å². The van der Waals surface area contributed by atoms with Crippen molar-refractivity contribution in [2.45, 2.75) is 57.9 Å². The van der Waals surface area contributed by atoms with Crippen LogP contribution in [0.5, 0.6) is 0 Å². The van der Waals surface area contributed by atoms with Crippen molar-refractivity contribution >= 4 is 23.2 Å². The van der Waals surface area contributed by atoms with Gasteiger partial charge in [0.25, 0.3) is 0 Å². The van der Waals surface area contributed by atoms with Gasteiger partial charge < -0.3 is 5.32 Å². The molecule has 1 aliphatic carbocycles. The third-order valence-corrected chi connectivity index (χ3v) is 4.95. The Bertz CT molecular complexity index is 450. The van der Waals surface area contributed by atoms with Crippen LogP contribution >= 0.6 is 23.2 Å². The first-order chi connectivity index (χ1) is 9.47. The molecule has 0 bridgehead atoms. The van der Waals surface area contributed by atoms with E-state index >= 15 is 0 Å². The largest absolute Gasteiger partial charge is 0.314 e. The maximum absolute atomic E-state index is 6.45. The van der Waals surface area contributed by atoms with Crippen LogP contribution in [0.25, 0.3) is 0 Å². The standard InChI is InChI=1S/C17H25Cl2N/c1-4-5-13-9-17(10-13,11-20-12(2)3)15-7-6-14(18)8-16(15)19/h6-8,12-13,20H,4-5,9-11H2,1-3H3. The van der Waals surface area contributed by atoms with Crippen LogP contribution in [0, 0.1) is 5.92 Å². The van der Waals surface area contributed by atoms with Crippen molar-refractivity contribution in [1.82, 2.24) is 5.32 Å². The van der Waals surface area contributed by atoms with E-state index < -0.39 is 0 Å². The van der Waals surface area contributed by atoms with E-state index in [-0.39, 0.29) is 5.41 Å². The molecule has 0 atom stereocenters. The van der Waals surface area contributed by atoms with Gasteiger partial charge in [-0.15, -0.1) is 0 Å². The summed E-state index contributed by atoms with van der Waals surface area (Å²) in [5.74, 6) is 0.848. The Labute approximate surface area is 133 Å². The van der Waals surface area contributed by atoms with Crippen LogP contribution in [-0.4, -0.2) is 12.6 Å². The van der Waals surface area contributed by atoms with E-state index in [1.165, 1.54) is 31.2 Å². The predicted molar refractivity (Wildman–Crippen MR) is 88.9 cm³/mol. The van der Waals surface area contributed by atoms with E-state index in [9.17, 15) is 0 Å². The lowest BCUT2D eigenvalue weighted by Crippen LogP contribution is -2.50. The molecule has 1 nitrogen and oxygen atoms in total. The summed E-state index contributed by atoms with van der Waals surface area (Å²) in [6.45, 7) is 7.66. The van der Waals surface area contributed by atoms with Crippen LogP contribution in [0.2, 0.25) is 10.0 Å². The average Bonchev–Trinajstić information content (AvgIpc) is 2.32. The third-order valence-electron chi connectivity index (χ3n) is 4.41. The number of rotatable bonds is 6. The lowest BCUT2D eigenvalue weighted by molar-refractivity contribution is 0.126. The fraction of sp³-hybridized carbons (Fsp3) is 0.647. The number of hydrogen-bond donors (Lipinski definition) is 1. The van der Waals surface area contributed by atoms with Gasteiger partial charge in [0.2, 0.25) is 0 Å². The number of halogens is 2. The highest BCUT2D eigenvalue weighted by atomic mass is 35.5. The van der Waals surface area contributed by atoms with Gasteiger partial charge in [0.05, 0.1) is 0 Å². The minimum absolute atomic E-state index is 0.200. The molecule has 20 heavy (non-hydrogen) atoms. The van der Waals surface area contributed by atoms with E-state index in [0.29, 0.717) is 6.04 Å².